The minimum atomic E-state index is -1.70. The van der Waals surface area contributed by atoms with Crippen molar-refractivity contribution in [1.82, 2.24) is 0 Å². The smallest absolute Gasteiger partial charge is 0.373 e. The van der Waals surface area contributed by atoms with E-state index in [0.29, 0.717) is 38.9 Å². The summed E-state index contributed by atoms with van der Waals surface area (Å²) in [6.45, 7) is 26.5. The van der Waals surface area contributed by atoms with Crippen LogP contribution in [0.1, 0.15) is 146 Å². The zero-order chi connectivity index (χ0) is 70.0. The molecular formula is C68H114O22Si. The third-order valence-electron chi connectivity index (χ3n) is 12.5. The Kier molecular flexibility index (Phi) is 69.4. The van der Waals surface area contributed by atoms with Crippen molar-refractivity contribution >= 4 is 39.0 Å². The Morgan fingerprint density at radius 2 is 0.989 bits per heavy atom. The molecule has 0 unspecified atom stereocenters. The average Bonchev–Trinajstić information content (AvgIpc) is 3.05. The van der Waals surface area contributed by atoms with Gasteiger partial charge in [0.1, 0.15) is 27.2 Å². The van der Waals surface area contributed by atoms with Gasteiger partial charge in [0, 0.05) is 46.7 Å². The number of carbonyl (C=O) groups is 3. The average molecular weight is 1310 g/mol. The molecule has 0 aliphatic carbocycles. The third-order valence-corrected chi connectivity index (χ3v) is 17.1. The summed E-state index contributed by atoms with van der Waals surface area (Å²) in [5, 5.41) is 28.0. The van der Waals surface area contributed by atoms with E-state index in [9.17, 15) is 29.7 Å². The van der Waals surface area contributed by atoms with E-state index >= 15 is 0 Å². The highest BCUT2D eigenvalue weighted by Gasteiger charge is 2.38. The highest BCUT2D eigenvalue weighted by molar-refractivity contribution is 6.74. The number of esters is 2. The van der Waals surface area contributed by atoms with Crippen LogP contribution < -0.4 is 0 Å². The van der Waals surface area contributed by atoms with Crippen LogP contribution in [0.4, 0.5) is 0 Å². The van der Waals surface area contributed by atoms with E-state index in [4.69, 9.17) is 71.0 Å². The van der Waals surface area contributed by atoms with Crippen molar-refractivity contribution in [3.05, 3.63) is 122 Å². The molecule has 0 bridgehead atoms. The molecule has 0 saturated carbocycles. The van der Waals surface area contributed by atoms with Gasteiger partial charge in [-0.1, -0.05) is 132 Å². The molecule has 10 atom stereocenters. The van der Waals surface area contributed by atoms with Gasteiger partial charge in [-0.3, -0.25) is 4.79 Å². The number of aliphatic hydroxyl groups is 3. The Morgan fingerprint density at radius 1 is 0.593 bits per heavy atom. The lowest BCUT2D eigenvalue weighted by Gasteiger charge is -2.38. The van der Waals surface area contributed by atoms with Gasteiger partial charge in [0.05, 0.1) is 61.2 Å². The summed E-state index contributed by atoms with van der Waals surface area (Å²) in [7, 11) is 4.70. The minimum absolute atomic E-state index is 0.00357. The molecule has 0 amide bonds. The van der Waals surface area contributed by atoms with Crippen molar-refractivity contribution < 1.29 is 105 Å². The standard InChI is InChI=1S/C19H38O3Si.C13H24O3.C12H20O5.C12H18O4.C10H14O3.2CO2/c1-9-10-11-12-13-18(21-16-20-6)15-14-17(2)22-23(7,8)19(3,4)5;1-4-5-6-7-8-13(16-11-15-3)10-9-12(2)14;1-11(14)6-7-12(17-10-15-2)5-3-4-8-16-9-13;1-10-7-8-11(15-9-14-2)5-3-4-6-12(13)16-10;1-8-6-7-9(11)4-2-3-5-10(12)13-8;2*2-1-3/h10-13,17-18H,9,14-16H2,1-8H3;5-8,12-14H,4,9-11H2,1-3H3;3-5,8-9,11-12,14H,6-7,10H2,1-2H3;3-6,10-11H,7-9H2,1-2H3;2-5,8-9,11H,6-7H2,1H3;;/b11-10-,13-12+;6-5-,8-7+;5-3+,8-4-;5-3+,6-4-;4-2+,5-3-;;/t17-,18+;12-,13+;11-,12+;10-,11+;8-,9+;;/m11111../s1. The summed E-state index contributed by atoms with van der Waals surface area (Å²) < 4.78 is 62.5. The second kappa shape index (κ2) is 67.2. The number of hydrogen-bond donors (Lipinski definition) is 3. The van der Waals surface area contributed by atoms with Crippen molar-refractivity contribution in [2.75, 3.05) is 55.6 Å². The van der Waals surface area contributed by atoms with E-state index in [1.54, 1.807) is 84.8 Å². The van der Waals surface area contributed by atoms with Crippen LogP contribution in [-0.2, 0) is 90.1 Å². The van der Waals surface area contributed by atoms with Gasteiger partial charge in [-0.15, -0.1) is 0 Å². The molecule has 23 heteroatoms. The Bertz CT molecular complexity index is 2100. The van der Waals surface area contributed by atoms with Gasteiger partial charge in [0.2, 0.25) is 0 Å². The summed E-state index contributed by atoms with van der Waals surface area (Å²) in [4.78, 5) is 64.5. The van der Waals surface area contributed by atoms with E-state index in [2.05, 4.69) is 89.8 Å². The van der Waals surface area contributed by atoms with Gasteiger partial charge < -0.3 is 71.9 Å². The SMILES string of the molecule is CC/C=C\C=C\[C@@H](CC[C@@H](C)O)OCOC.CC/C=C\C=C\[C@@H](CC[C@@H](C)O[Si](C)(C)C(C)(C)C)OCOC.COCO[C@@H](/C=C/C=C\OC=O)CC[C@@H](C)O.COCO[C@H]1/C=C/C=C\C(=O)O[C@H](C)CC1.C[C@@H]1CC[C@@H](O)/C=C/C=C\C(=O)O1.O=C=O.O=C=O. The summed E-state index contributed by atoms with van der Waals surface area (Å²) in [6, 6.07) is 0. The lowest BCUT2D eigenvalue weighted by Crippen LogP contribution is -2.43. The molecule has 0 saturated heterocycles. The number of cyclic esters (lactones) is 2. The molecular weight excluding hydrogens is 1200 g/mol. The van der Waals surface area contributed by atoms with Crippen molar-refractivity contribution in [2.45, 2.75) is 225 Å². The molecule has 0 fully saturated rings. The molecule has 22 nitrogen and oxygen atoms in total. The first kappa shape index (κ1) is 94.0. The molecule has 2 rings (SSSR count). The van der Waals surface area contributed by atoms with E-state index in [1.165, 1.54) is 18.4 Å². The molecule has 0 aromatic heterocycles. The van der Waals surface area contributed by atoms with Crippen molar-refractivity contribution in [1.29, 1.82) is 0 Å². The summed E-state index contributed by atoms with van der Waals surface area (Å²) >= 11 is 0. The zero-order valence-electron chi connectivity index (χ0n) is 57.3. The molecule has 0 aromatic carbocycles. The first-order chi connectivity index (χ1) is 43.3. The molecule has 0 aromatic rings. The number of aliphatic hydroxyl groups excluding tert-OH is 3. The lowest BCUT2D eigenvalue weighted by atomic mass is 10.1. The highest BCUT2D eigenvalue weighted by atomic mass is 28.4. The van der Waals surface area contributed by atoms with Gasteiger partial charge in [0.15, 0.2) is 8.32 Å². The lowest BCUT2D eigenvalue weighted by molar-refractivity contribution is -0.193. The fraction of sp³-hybridized carbons (Fsp3) is 0.632. The van der Waals surface area contributed by atoms with Gasteiger partial charge >= 0.3 is 24.2 Å². The number of methoxy groups -OCH3 is 4. The fourth-order valence-electron chi connectivity index (χ4n) is 6.77. The molecule has 522 valence electrons. The molecule has 2 heterocycles. The van der Waals surface area contributed by atoms with Gasteiger partial charge in [0.25, 0.3) is 6.47 Å². The predicted molar refractivity (Wildman–Crippen MR) is 351 cm³/mol. The zero-order valence-corrected chi connectivity index (χ0v) is 58.3. The molecule has 0 spiro atoms. The maximum absolute atomic E-state index is 11.2. The van der Waals surface area contributed by atoms with Crippen LogP contribution in [0.15, 0.2) is 122 Å². The summed E-state index contributed by atoms with van der Waals surface area (Å²) in [6.07, 6.45) is 45.0. The Hall–Kier alpha value is -5.69. The Balaban J connectivity index is -0.000000334. The van der Waals surface area contributed by atoms with Crippen molar-refractivity contribution in [3.8, 4) is 0 Å². The van der Waals surface area contributed by atoms with Crippen LogP contribution in [0, 0.1) is 0 Å². The van der Waals surface area contributed by atoms with Crippen LogP contribution in [-0.4, -0.2) is 171 Å². The minimum Gasteiger partial charge on any atom is -0.460 e. The second-order valence-electron chi connectivity index (χ2n) is 21.8. The first-order valence-electron chi connectivity index (χ1n) is 30.6. The summed E-state index contributed by atoms with van der Waals surface area (Å²) in [5.41, 5.74) is 0. The summed E-state index contributed by atoms with van der Waals surface area (Å²) in [5.74, 6) is -0.623. The van der Waals surface area contributed by atoms with Crippen molar-refractivity contribution in [2.24, 2.45) is 0 Å². The van der Waals surface area contributed by atoms with E-state index < -0.39 is 14.4 Å². The number of carbonyl (C=O) groups excluding carboxylic acids is 7. The molecule has 3 N–H and O–H groups in total. The number of hydrogen-bond acceptors (Lipinski definition) is 22. The second-order valence-corrected chi connectivity index (χ2v) is 26.6. The topological polar surface area (TPSA) is 291 Å². The number of rotatable bonds is 33. The van der Waals surface area contributed by atoms with Gasteiger partial charge in [-0.05, 0) is 136 Å². The first-order valence-corrected chi connectivity index (χ1v) is 33.5. The maximum atomic E-state index is 11.2. The Morgan fingerprint density at radius 3 is 1.37 bits per heavy atom. The van der Waals surface area contributed by atoms with Crippen molar-refractivity contribution in [3.63, 3.8) is 0 Å². The quantitative estimate of drug-likeness (QED) is 0.0105. The van der Waals surface area contributed by atoms with Crippen LogP contribution in [0.25, 0.3) is 0 Å². The van der Waals surface area contributed by atoms with Crippen LogP contribution in [0.5, 0.6) is 0 Å². The Labute approximate surface area is 545 Å². The molecule has 2 aliphatic rings. The van der Waals surface area contributed by atoms with E-state index in [1.807, 2.05) is 44.2 Å². The van der Waals surface area contributed by atoms with Gasteiger partial charge in [-0.2, -0.15) is 19.2 Å². The molecule has 2 aliphatic heterocycles. The highest BCUT2D eigenvalue weighted by Crippen LogP contribution is 2.37. The largest absolute Gasteiger partial charge is 0.460 e. The van der Waals surface area contributed by atoms with Gasteiger partial charge in [-0.25, -0.2) is 9.59 Å². The van der Waals surface area contributed by atoms with E-state index in [-0.39, 0.29) is 105 Å². The third kappa shape index (κ3) is 70.0. The van der Waals surface area contributed by atoms with Crippen LogP contribution in [0.2, 0.25) is 18.1 Å². The molecule has 0 radical (unpaired) electrons. The molecule has 91 heavy (non-hydrogen) atoms. The number of ether oxygens (including phenoxy) is 11. The maximum Gasteiger partial charge on any atom is 0.373 e. The normalized spacial score (nSPS) is 20.3. The van der Waals surface area contributed by atoms with Crippen LogP contribution >= 0.6 is 0 Å². The monoisotopic (exact) mass is 1310 g/mol. The van der Waals surface area contributed by atoms with E-state index in [0.717, 1.165) is 51.4 Å². The van der Waals surface area contributed by atoms with Crippen LogP contribution in [0.3, 0.4) is 0 Å². The fourth-order valence-corrected chi connectivity index (χ4v) is 8.25. The predicted octanol–water partition coefficient (Wildman–Crippen LogP) is 11.6. The number of allylic oxidation sites excluding steroid dienone is 12.